The first-order valence-corrected chi connectivity index (χ1v) is 5.53. The molecule has 19 heavy (non-hydrogen) atoms. The summed E-state index contributed by atoms with van der Waals surface area (Å²) in [5, 5.41) is 29.5. The molecule has 0 heterocycles. The number of nitrogens with zero attached hydrogens (tertiary/aromatic N) is 4. The van der Waals surface area contributed by atoms with Gasteiger partial charge in [0.15, 0.2) is 5.57 Å². The Morgan fingerprint density at radius 3 is 2.21 bits per heavy atom. The van der Waals surface area contributed by atoms with Gasteiger partial charge in [-0.1, -0.05) is 6.07 Å². The summed E-state index contributed by atoms with van der Waals surface area (Å²) >= 11 is 0. The number of aryl methyl sites for hydroxylation is 1. The Morgan fingerprint density at radius 1 is 1.11 bits per heavy atom. The molecule has 0 aromatic heterocycles. The lowest BCUT2D eigenvalue weighted by atomic mass is 10.1. The number of rotatable bonds is 3. The molecule has 0 fully saturated rings. The van der Waals surface area contributed by atoms with E-state index in [1.165, 1.54) is 0 Å². The van der Waals surface area contributed by atoms with Crippen molar-refractivity contribution in [2.45, 2.75) is 6.92 Å². The Morgan fingerprint density at radius 2 is 1.74 bits per heavy atom. The maximum atomic E-state index is 9.03. The van der Waals surface area contributed by atoms with E-state index in [4.69, 9.17) is 15.8 Å². The van der Waals surface area contributed by atoms with Crippen LogP contribution < -0.4 is 10.2 Å². The summed E-state index contributed by atoms with van der Waals surface area (Å²) in [5.74, 6) is 0. The van der Waals surface area contributed by atoms with E-state index in [1.807, 2.05) is 50.2 Å². The van der Waals surface area contributed by atoms with E-state index < -0.39 is 0 Å². The highest BCUT2D eigenvalue weighted by molar-refractivity contribution is 5.74. The fourth-order valence-electron chi connectivity index (χ4n) is 1.56. The zero-order valence-corrected chi connectivity index (χ0v) is 11.0. The minimum atomic E-state index is -0.228. The zero-order chi connectivity index (χ0) is 14.4. The molecule has 0 aliphatic heterocycles. The lowest BCUT2D eigenvalue weighted by molar-refractivity contribution is 1.13. The van der Waals surface area contributed by atoms with Crippen molar-refractivity contribution in [3.8, 4) is 18.2 Å². The van der Waals surface area contributed by atoms with Gasteiger partial charge in [-0.05, 0) is 24.6 Å². The van der Waals surface area contributed by atoms with Crippen LogP contribution in [-0.2, 0) is 0 Å². The van der Waals surface area contributed by atoms with Crippen molar-refractivity contribution in [2.24, 2.45) is 0 Å². The molecule has 1 aromatic rings. The second-order valence-corrected chi connectivity index (χ2v) is 4.13. The third kappa shape index (κ3) is 3.25. The van der Waals surface area contributed by atoms with Crippen molar-refractivity contribution < 1.29 is 0 Å². The fourth-order valence-corrected chi connectivity index (χ4v) is 1.56. The van der Waals surface area contributed by atoms with Crippen molar-refractivity contribution in [1.82, 2.24) is 0 Å². The quantitative estimate of drug-likeness (QED) is 0.833. The summed E-state index contributed by atoms with van der Waals surface area (Å²) in [6, 6.07) is 11.0. The Balaban J connectivity index is 3.31. The van der Waals surface area contributed by atoms with E-state index in [2.05, 4.69) is 5.32 Å². The molecule has 0 aliphatic rings. The number of nitriles is 3. The Labute approximate surface area is 112 Å². The molecule has 0 saturated carbocycles. The van der Waals surface area contributed by atoms with Crippen molar-refractivity contribution in [3.63, 3.8) is 0 Å². The molecule has 0 saturated heterocycles. The molecule has 5 nitrogen and oxygen atoms in total. The summed E-state index contributed by atoms with van der Waals surface area (Å²) in [5.41, 5.74) is 2.30. The first-order chi connectivity index (χ1) is 9.03. The van der Waals surface area contributed by atoms with E-state index in [0.29, 0.717) is 5.69 Å². The normalized spacial score (nSPS) is 8.63. The number of nitrogens with one attached hydrogen (secondary N) is 1. The van der Waals surface area contributed by atoms with E-state index in [1.54, 1.807) is 12.1 Å². The van der Waals surface area contributed by atoms with Gasteiger partial charge in [-0.2, -0.15) is 15.8 Å². The molecule has 0 amide bonds. The number of benzene rings is 1. The molecule has 0 unspecified atom stereocenters. The Kier molecular flexibility index (Phi) is 4.52. The van der Waals surface area contributed by atoms with Gasteiger partial charge >= 0.3 is 0 Å². The van der Waals surface area contributed by atoms with Gasteiger partial charge in [0.1, 0.15) is 23.9 Å². The lowest BCUT2D eigenvalue weighted by Crippen LogP contribution is -2.12. The number of hydrogen-bond acceptors (Lipinski definition) is 5. The van der Waals surface area contributed by atoms with Crippen LogP contribution in [0.15, 0.2) is 29.5 Å². The maximum Gasteiger partial charge on any atom is 0.163 e. The largest absolute Gasteiger partial charge is 0.376 e. The molecule has 1 aromatic carbocycles. The maximum absolute atomic E-state index is 9.03. The predicted molar refractivity (Wildman–Crippen MR) is 73.0 cm³/mol. The molecule has 94 valence electrons. The first-order valence-electron chi connectivity index (χ1n) is 5.53. The van der Waals surface area contributed by atoms with E-state index in [9.17, 15) is 0 Å². The standard InChI is InChI=1S/C14H13N5/c1-10-4-5-14(19(2)3)12(6-10)18-13(9-17)11(7-15)8-16/h4-6,18H,1-3H3. The topological polar surface area (TPSA) is 86.6 Å². The second kappa shape index (κ2) is 6.10. The summed E-state index contributed by atoms with van der Waals surface area (Å²) in [7, 11) is 3.75. The molecule has 0 radical (unpaired) electrons. The van der Waals surface area contributed by atoms with Crippen molar-refractivity contribution >= 4 is 11.4 Å². The molecule has 0 bridgehead atoms. The molecule has 0 spiro atoms. The van der Waals surface area contributed by atoms with Gasteiger partial charge in [0.25, 0.3) is 0 Å². The monoisotopic (exact) mass is 251 g/mol. The van der Waals surface area contributed by atoms with E-state index in [0.717, 1.165) is 11.3 Å². The summed E-state index contributed by atoms with van der Waals surface area (Å²) in [4.78, 5) is 1.88. The number of hydrogen-bond donors (Lipinski definition) is 1. The zero-order valence-electron chi connectivity index (χ0n) is 11.0. The molecule has 5 heteroatoms. The van der Waals surface area contributed by atoms with Crippen LogP contribution in [0.4, 0.5) is 11.4 Å². The third-order valence-electron chi connectivity index (χ3n) is 2.48. The van der Waals surface area contributed by atoms with Gasteiger partial charge in [-0.3, -0.25) is 0 Å². The van der Waals surface area contributed by atoms with Crippen LogP contribution in [-0.4, -0.2) is 14.1 Å². The fraction of sp³-hybridized carbons (Fsp3) is 0.214. The van der Waals surface area contributed by atoms with Gasteiger partial charge in [0.05, 0.1) is 11.4 Å². The summed E-state index contributed by atoms with van der Waals surface area (Å²) in [6.07, 6.45) is 0. The molecular weight excluding hydrogens is 238 g/mol. The number of allylic oxidation sites excluding steroid dienone is 2. The van der Waals surface area contributed by atoms with Crippen LogP contribution in [0, 0.1) is 40.9 Å². The van der Waals surface area contributed by atoms with Crippen molar-refractivity contribution in [3.05, 3.63) is 35.0 Å². The van der Waals surface area contributed by atoms with Crippen LogP contribution in [0.3, 0.4) is 0 Å². The molecule has 0 atom stereocenters. The predicted octanol–water partition coefficient (Wildman–Crippen LogP) is 2.30. The average Bonchev–Trinajstić information content (AvgIpc) is 2.38. The Hall–Kier alpha value is -2.97. The number of anilines is 2. The van der Waals surface area contributed by atoms with Gasteiger partial charge < -0.3 is 10.2 Å². The summed E-state index contributed by atoms with van der Waals surface area (Å²) < 4.78 is 0. The summed E-state index contributed by atoms with van der Waals surface area (Å²) in [6.45, 7) is 1.93. The van der Waals surface area contributed by atoms with Crippen molar-refractivity contribution in [2.75, 3.05) is 24.3 Å². The SMILES string of the molecule is Cc1ccc(N(C)C)c(NC(C#N)=C(C#N)C#N)c1. The highest BCUT2D eigenvalue weighted by Gasteiger charge is 2.10. The van der Waals surface area contributed by atoms with Crippen LogP contribution in [0.5, 0.6) is 0 Å². The molecule has 1 rings (SSSR count). The van der Waals surface area contributed by atoms with E-state index >= 15 is 0 Å². The first kappa shape index (κ1) is 14.1. The van der Waals surface area contributed by atoms with Crippen molar-refractivity contribution in [1.29, 1.82) is 15.8 Å². The van der Waals surface area contributed by atoms with Crippen LogP contribution in [0.25, 0.3) is 0 Å². The minimum absolute atomic E-state index is 0.0429. The highest BCUT2D eigenvalue weighted by atomic mass is 15.1. The molecule has 1 N–H and O–H groups in total. The minimum Gasteiger partial charge on any atom is -0.376 e. The van der Waals surface area contributed by atoms with Gasteiger partial charge in [-0.15, -0.1) is 0 Å². The molecule has 0 aliphatic carbocycles. The van der Waals surface area contributed by atoms with E-state index in [-0.39, 0.29) is 11.3 Å². The Bertz CT molecular complexity index is 619. The molecular formula is C14H13N5. The van der Waals surface area contributed by atoms with Gasteiger partial charge in [-0.25, -0.2) is 0 Å². The smallest absolute Gasteiger partial charge is 0.163 e. The average molecular weight is 251 g/mol. The third-order valence-corrected chi connectivity index (χ3v) is 2.48. The van der Waals surface area contributed by atoms with Crippen LogP contribution in [0.2, 0.25) is 0 Å². The van der Waals surface area contributed by atoms with Crippen LogP contribution >= 0.6 is 0 Å². The van der Waals surface area contributed by atoms with Gasteiger partial charge in [0.2, 0.25) is 0 Å². The highest BCUT2D eigenvalue weighted by Crippen LogP contribution is 2.27. The van der Waals surface area contributed by atoms with Crippen LogP contribution in [0.1, 0.15) is 5.56 Å². The lowest BCUT2D eigenvalue weighted by Gasteiger charge is -2.18. The van der Waals surface area contributed by atoms with Gasteiger partial charge in [0, 0.05) is 14.1 Å². The second-order valence-electron chi connectivity index (χ2n) is 4.13.